The summed E-state index contributed by atoms with van der Waals surface area (Å²) in [5.41, 5.74) is -2.81. The molecule has 8 heteroatoms. The number of nitrogens with zero attached hydrogens (tertiary/aromatic N) is 3. The van der Waals surface area contributed by atoms with Gasteiger partial charge in [0.25, 0.3) is 0 Å². The van der Waals surface area contributed by atoms with Crippen molar-refractivity contribution < 1.29 is 24.2 Å². The van der Waals surface area contributed by atoms with Crippen molar-refractivity contribution in [1.29, 1.82) is 0 Å². The van der Waals surface area contributed by atoms with Crippen LogP contribution in [0, 0.1) is 23.2 Å². The second-order valence-corrected chi connectivity index (χ2v) is 13.9. The van der Waals surface area contributed by atoms with E-state index in [2.05, 4.69) is 34.6 Å². The van der Waals surface area contributed by atoms with E-state index in [0.717, 1.165) is 6.42 Å². The molecular weight excluding hydrogens is 482 g/mol. The van der Waals surface area contributed by atoms with Crippen molar-refractivity contribution in [2.75, 3.05) is 26.7 Å². The molecule has 4 aliphatic heterocycles. The summed E-state index contributed by atoms with van der Waals surface area (Å²) < 4.78 is 6.99. The molecule has 2 fully saturated rings. The Morgan fingerprint density at radius 1 is 1.00 bits per heavy atom. The molecule has 212 valence electrons. The number of fused-ring (bicyclic) bond motifs is 2. The van der Waals surface area contributed by atoms with E-state index in [1.165, 1.54) is 0 Å². The van der Waals surface area contributed by atoms with Crippen LogP contribution < -0.4 is 0 Å². The molecule has 4 heterocycles. The van der Waals surface area contributed by atoms with Crippen LogP contribution in [0.2, 0.25) is 0 Å². The Labute approximate surface area is 228 Å². The monoisotopic (exact) mass is 529 g/mol. The van der Waals surface area contributed by atoms with E-state index in [0.29, 0.717) is 19.5 Å². The first kappa shape index (κ1) is 28.8. The highest BCUT2D eigenvalue weighted by Crippen LogP contribution is 2.59. The molecule has 0 bridgehead atoms. The van der Waals surface area contributed by atoms with Crippen molar-refractivity contribution in [1.82, 2.24) is 14.7 Å². The van der Waals surface area contributed by atoms with Crippen molar-refractivity contribution in [3.05, 3.63) is 24.3 Å². The molecule has 3 amide bonds. The first-order valence-electron chi connectivity index (χ1n) is 14.1. The summed E-state index contributed by atoms with van der Waals surface area (Å²) in [5.74, 6) is -2.33. The van der Waals surface area contributed by atoms with Crippen LogP contribution in [0.4, 0.5) is 0 Å². The number of rotatable bonds is 6. The predicted molar refractivity (Wildman–Crippen MR) is 146 cm³/mol. The van der Waals surface area contributed by atoms with E-state index < -0.39 is 40.7 Å². The molecule has 8 nitrogen and oxygen atoms in total. The number of carbonyl (C=O) groups excluding carboxylic acids is 3. The fraction of sp³-hybridized carbons (Fsp3) is 0.767. The van der Waals surface area contributed by atoms with Crippen LogP contribution in [-0.2, 0) is 19.1 Å². The molecule has 0 aromatic rings. The van der Waals surface area contributed by atoms with Gasteiger partial charge >= 0.3 is 0 Å². The van der Waals surface area contributed by atoms with Gasteiger partial charge in [-0.1, -0.05) is 65.8 Å². The van der Waals surface area contributed by atoms with Gasteiger partial charge in [-0.05, 0) is 38.0 Å². The van der Waals surface area contributed by atoms with E-state index in [1.807, 2.05) is 50.0 Å². The van der Waals surface area contributed by atoms with Crippen molar-refractivity contribution in [2.24, 2.45) is 23.2 Å². The number of ether oxygens (including phenoxy) is 1. The molecule has 1 unspecified atom stereocenters. The van der Waals surface area contributed by atoms with E-state index in [1.54, 1.807) is 16.8 Å². The van der Waals surface area contributed by atoms with Gasteiger partial charge in [0.05, 0.1) is 30.1 Å². The number of aliphatic hydroxyl groups excluding tert-OH is 1. The molecule has 1 N–H and O–H groups in total. The van der Waals surface area contributed by atoms with Gasteiger partial charge in [0.2, 0.25) is 17.7 Å². The maximum absolute atomic E-state index is 14.7. The third-order valence-corrected chi connectivity index (χ3v) is 9.09. The van der Waals surface area contributed by atoms with E-state index >= 15 is 0 Å². The van der Waals surface area contributed by atoms with Crippen LogP contribution in [0.15, 0.2) is 24.3 Å². The first-order chi connectivity index (χ1) is 17.6. The summed E-state index contributed by atoms with van der Waals surface area (Å²) in [6.07, 6.45) is 8.98. The Hall–Kier alpha value is -2.19. The van der Waals surface area contributed by atoms with E-state index in [4.69, 9.17) is 4.74 Å². The number of aliphatic hydroxyl groups is 1. The third kappa shape index (κ3) is 4.23. The molecule has 2 saturated heterocycles. The summed E-state index contributed by atoms with van der Waals surface area (Å²) in [7, 11) is 1.74. The summed E-state index contributed by atoms with van der Waals surface area (Å²) in [6, 6.07) is -1.55. The Kier molecular flexibility index (Phi) is 7.18. The standard InChI is InChI=1S/C30H47N3O5/c1-10-29-13-11-15-31(9)24(35)21(29)22-25(36)33(20(17-34)19(2)3)23-26(37)32(16-12-14-30(22,23)38-29)28(7,8)18-27(4,5)6/h11-14,19-23,34H,10,15-18H2,1-9H3/t20-,21+,22-,23?,29-,30-/m0/s1. The lowest BCUT2D eigenvalue weighted by Crippen LogP contribution is -2.62. The molecular formula is C30H47N3O5. The van der Waals surface area contributed by atoms with Crippen molar-refractivity contribution >= 4 is 17.7 Å². The lowest BCUT2D eigenvalue weighted by atomic mass is 9.73. The highest BCUT2D eigenvalue weighted by molar-refractivity contribution is 6.00. The molecule has 0 radical (unpaired) electrons. The number of hydrogen-bond acceptors (Lipinski definition) is 5. The van der Waals surface area contributed by atoms with Crippen LogP contribution in [0.5, 0.6) is 0 Å². The average molecular weight is 530 g/mol. The lowest BCUT2D eigenvalue weighted by Gasteiger charge is -2.46. The minimum absolute atomic E-state index is 0.0259. The number of carbonyl (C=O) groups is 3. The normalized spacial score (nSPS) is 34.4. The molecule has 38 heavy (non-hydrogen) atoms. The number of hydrogen-bond donors (Lipinski definition) is 1. The van der Waals surface area contributed by atoms with Crippen molar-refractivity contribution in [3.63, 3.8) is 0 Å². The van der Waals surface area contributed by atoms with Crippen molar-refractivity contribution in [2.45, 2.75) is 97.1 Å². The van der Waals surface area contributed by atoms with Gasteiger partial charge in [-0.25, -0.2) is 0 Å². The minimum atomic E-state index is -1.30. The zero-order valence-corrected chi connectivity index (χ0v) is 24.7. The maximum atomic E-state index is 14.7. The van der Waals surface area contributed by atoms with Gasteiger partial charge < -0.3 is 24.5 Å². The molecule has 6 atom stereocenters. The van der Waals surface area contributed by atoms with E-state index in [9.17, 15) is 19.5 Å². The molecule has 0 saturated carbocycles. The third-order valence-electron chi connectivity index (χ3n) is 9.09. The molecule has 4 aliphatic rings. The summed E-state index contributed by atoms with van der Waals surface area (Å²) in [6.45, 7) is 17.0. The zero-order chi connectivity index (χ0) is 28.4. The fourth-order valence-electron chi connectivity index (χ4n) is 7.74. The van der Waals surface area contributed by atoms with Gasteiger partial charge in [0, 0.05) is 25.7 Å². The number of likely N-dealkylation sites (N-methyl/N-ethyl adjacent to an activating group) is 1. The molecule has 0 aliphatic carbocycles. The van der Waals surface area contributed by atoms with Gasteiger partial charge in [-0.3, -0.25) is 14.4 Å². The van der Waals surface area contributed by atoms with Gasteiger partial charge in [-0.15, -0.1) is 0 Å². The summed E-state index contributed by atoms with van der Waals surface area (Å²) in [4.78, 5) is 48.2. The summed E-state index contributed by atoms with van der Waals surface area (Å²) >= 11 is 0. The maximum Gasteiger partial charge on any atom is 0.249 e. The topological polar surface area (TPSA) is 90.4 Å². The first-order valence-corrected chi connectivity index (χ1v) is 14.1. The lowest BCUT2D eigenvalue weighted by molar-refractivity contribution is -0.161. The highest BCUT2D eigenvalue weighted by Gasteiger charge is 2.76. The van der Waals surface area contributed by atoms with Crippen LogP contribution >= 0.6 is 0 Å². The number of amides is 3. The molecule has 0 aromatic carbocycles. The number of likely N-dealkylation sites (tertiary alicyclic amines) is 1. The van der Waals surface area contributed by atoms with Crippen LogP contribution in [-0.4, -0.2) is 93.1 Å². The Bertz CT molecular complexity index is 1040. The molecule has 0 aromatic heterocycles. The second kappa shape index (κ2) is 9.47. The Morgan fingerprint density at radius 2 is 1.63 bits per heavy atom. The van der Waals surface area contributed by atoms with Crippen LogP contribution in [0.1, 0.15) is 68.2 Å². The Morgan fingerprint density at radius 3 is 2.18 bits per heavy atom. The summed E-state index contributed by atoms with van der Waals surface area (Å²) in [5, 5.41) is 10.5. The highest BCUT2D eigenvalue weighted by atomic mass is 16.5. The van der Waals surface area contributed by atoms with Gasteiger partial charge in [0.15, 0.2) is 0 Å². The SMILES string of the molecule is CC[C@]12C=CCN(C)C(=O)[C@H]1[C@H]1C(=O)N([C@@H](CO)C(C)C)C3C(=O)N(C(C)(C)CC(C)(C)C)CC=C[C@@]31O2. The van der Waals surface area contributed by atoms with Gasteiger partial charge in [0.1, 0.15) is 11.6 Å². The van der Waals surface area contributed by atoms with Crippen LogP contribution in [0.3, 0.4) is 0 Å². The minimum Gasteiger partial charge on any atom is -0.394 e. The smallest absolute Gasteiger partial charge is 0.249 e. The fourth-order valence-corrected chi connectivity index (χ4v) is 7.74. The molecule has 1 spiro atoms. The van der Waals surface area contributed by atoms with E-state index in [-0.39, 0.29) is 35.7 Å². The zero-order valence-electron chi connectivity index (χ0n) is 24.7. The van der Waals surface area contributed by atoms with Gasteiger partial charge in [-0.2, -0.15) is 0 Å². The predicted octanol–water partition coefficient (Wildman–Crippen LogP) is 3.01. The Balaban J connectivity index is 1.93. The average Bonchev–Trinajstić information content (AvgIpc) is 3.09. The van der Waals surface area contributed by atoms with Crippen LogP contribution in [0.25, 0.3) is 0 Å². The van der Waals surface area contributed by atoms with Crippen molar-refractivity contribution in [3.8, 4) is 0 Å². The quantitative estimate of drug-likeness (QED) is 0.535. The second-order valence-electron chi connectivity index (χ2n) is 13.9. The molecule has 4 rings (SSSR count). The largest absolute Gasteiger partial charge is 0.394 e.